The van der Waals surface area contributed by atoms with Crippen molar-refractivity contribution in [2.45, 2.75) is 130 Å². The first kappa shape index (κ1) is 34.7. The Morgan fingerprint density at radius 1 is 0.800 bits per heavy atom. The largest absolute Gasteiger partial charge is 0.464 e. The Bertz CT molecular complexity index is 930. The molecular weight excluding hydrogens is 519 g/mol. The van der Waals surface area contributed by atoms with Gasteiger partial charge in [0.1, 0.15) is 18.6 Å². The van der Waals surface area contributed by atoms with Crippen molar-refractivity contribution in [1.29, 1.82) is 0 Å². The van der Waals surface area contributed by atoms with Crippen molar-refractivity contribution >= 4 is 19.2 Å². The highest BCUT2D eigenvalue weighted by Crippen LogP contribution is 2.62. The second kappa shape index (κ2) is 15.1. The van der Waals surface area contributed by atoms with E-state index in [2.05, 4.69) is 44.5 Å². The summed E-state index contributed by atoms with van der Waals surface area (Å²) >= 11 is 0. The summed E-state index contributed by atoms with van der Waals surface area (Å²) in [7, 11) is -1.01. The lowest BCUT2D eigenvalue weighted by atomic mass is 9.88. The fourth-order valence-corrected chi connectivity index (χ4v) is 8.95. The van der Waals surface area contributed by atoms with Gasteiger partial charge in [0.25, 0.3) is 0 Å². The van der Waals surface area contributed by atoms with Crippen molar-refractivity contribution in [1.82, 2.24) is 0 Å². The fraction of sp³-hybridized carbons (Fsp3) is 0.765. The van der Waals surface area contributed by atoms with Gasteiger partial charge < -0.3 is 14.2 Å². The molecule has 6 heteroatoms. The van der Waals surface area contributed by atoms with Crippen molar-refractivity contribution in [2.75, 3.05) is 26.5 Å². The van der Waals surface area contributed by atoms with E-state index in [1.807, 2.05) is 34.6 Å². The van der Waals surface area contributed by atoms with Crippen LogP contribution in [0.5, 0.6) is 0 Å². The summed E-state index contributed by atoms with van der Waals surface area (Å²) in [5, 5.41) is 0. The van der Waals surface area contributed by atoms with Crippen LogP contribution in [0, 0.1) is 10.8 Å². The quantitative estimate of drug-likeness (QED) is 0.145. The monoisotopic (exact) mass is 577 g/mol. The van der Waals surface area contributed by atoms with Crippen LogP contribution in [0.3, 0.4) is 0 Å². The van der Waals surface area contributed by atoms with Crippen molar-refractivity contribution in [3.63, 3.8) is 0 Å². The van der Waals surface area contributed by atoms with Crippen molar-refractivity contribution in [3.8, 4) is 0 Å². The van der Waals surface area contributed by atoms with Crippen LogP contribution in [0.25, 0.3) is 0 Å². The van der Waals surface area contributed by atoms with E-state index in [0.717, 1.165) is 36.9 Å². The molecule has 2 rings (SSSR count). The minimum absolute atomic E-state index is 0.0705. The first-order valence-electron chi connectivity index (χ1n) is 15.5. The van der Waals surface area contributed by atoms with Gasteiger partial charge in [-0.3, -0.25) is 9.59 Å². The van der Waals surface area contributed by atoms with E-state index in [-0.39, 0.29) is 31.4 Å². The normalized spacial score (nSPS) is 16.8. The topological polar surface area (TPSA) is 61.8 Å². The second-order valence-corrected chi connectivity index (χ2v) is 18.8. The zero-order chi connectivity index (χ0) is 30.0. The zero-order valence-corrected chi connectivity index (χ0v) is 28.0. The Labute approximate surface area is 245 Å². The Morgan fingerprint density at radius 2 is 1.38 bits per heavy atom. The molecule has 1 aromatic carbocycles. The lowest BCUT2D eigenvalue weighted by molar-refractivity contribution is -0.176. The van der Waals surface area contributed by atoms with Gasteiger partial charge in [-0.2, -0.15) is 0 Å². The molecule has 1 unspecified atom stereocenters. The summed E-state index contributed by atoms with van der Waals surface area (Å²) in [6.07, 6.45) is 11.6. The molecule has 0 aromatic heterocycles. The predicted octanol–water partition coefficient (Wildman–Crippen LogP) is 8.81. The van der Waals surface area contributed by atoms with E-state index >= 15 is 0 Å². The first-order valence-corrected chi connectivity index (χ1v) is 18.5. The number of hydrogen-bond acceptors (Lipinski definition) is 5. The number of carbonyl (C=O) groups excluding carboxylic acids is 2. The second-order valence-electron chi connectivity index (χ2n) is 14.2. The average Bonchev–Trinajstić information content (AvgIpc) is 2.90. The van der Waals surface area contributed by atoms with Gasteiger partial charge >= 0.3 is 11.9 Å². The van der Waals surface area contributed by atoms with Crippen molar-refractivity contribution < 1.29 is 23.8 Å². The third-order valence-electron chi connectivity index (χ3n) is 8.62. The number of esters is 2. The zero-order valence-electron chi connectivity index (χ0n) is 27.1. The molecule has 1 saturated carbocycles. The van der Waals surface area contributed by atoms with Gasteiger partial charge in [0, 0.05) is 20.6 Å². The summed E-state index contributed by atoms with van der Waals surface area (Å²) < 4.78 is 17.7. The molecule has 40 heavy (non-hydrogen) atoms. The molecule has 1 fully saturated rings. The van der Waals surface area contributed by atoms with Gasteiger partial charge in [-0.25, -0.2) is 0 Å². The molecule has 5 nitrogen and oxygen atoms in total. The molecule has 0 heterocycles. The number of ether oxygens (including phenoxy) is 3. The lowest BCUT2D eigenvalue weighted by Gasteiger charge is -2.33. The molecule has 0 spiro atoms. The van der Waals surface area contributed by atoms with Crippen LogP contribution in [0.2, 0.25) is 0 Å². The SMILES string of the molecule is CCCC(C)(C)OCC(C)(COC(=O)C(C)(C)CCC)C(=O)OCc1ccc(C[P+](C)(C)C2CCCCC2)cc1. The highest BCUT2D eigenvalue weighted by atomic mass is 31.2. The van der Waals surface area contributed by atoms with E-state index in [1.54, 1.807) is 6.92 Å². The maximum absolute atomic E-state index is 13.4. The van der Waals surface area contributed by atoms with Crippen molar-refractivity contribution in [3.05, 3.63) is 35.4 Å². The van der Waals surface area contributed by atoms with Crippen LogP contribution in [0.4, 0.5) is 0 Å². The number of hydrogen-bond donors (Lipinski definition) is 0. The van der Waals surface area contributed by atoms with Gasteiger partial charge in [-0.05, 0) is 84.3 Å². The summed E-state index contributed by atoms with van der Waals surface area (Å²) in [6.45, 7) is 19.0. The molecule has 0 radical (unpaired) electrons. The Morgan fingerprint density at radius 3 is 1.95 bits per heavy atom. The molecule has 1 aromatic rings. The first-order chi connectivity index (χ1) is 18.6. The molecule has 0 N–H and O–H groups in total. The molecule has 0 bridgehead atoms. The number of carbonyl (C=O) groups is 2. The van der Waals surface area contributed by atoms with E-state index in [1.165, 1.54) is 43.8 Å². The van der Waals surface area contributed by atoms with E-state index in [4.69, 9.17) is 14.2 Å². The highest BCUT2D eigenvalue weighted by Gasteiger charge is 2.41. The molecule has 1 aliphatic rings. The van der Waals surface area contributed by atoms with E-state index in [0.29, 0.717) is 0 Å². The molecule has 1 aliphatic carbocycles. The van der Waals surface area contributed by atoms with Crippen LogP contribution in [-0.2, 0) is 36.6 Å². The van der Waals surface area contributed by atoms with Crippen molar-refractivity contribution in [2.24, 2.45) is 10.8 Å². The maximum Gasteiger partial charge on any atom is 0.317 e. The Kier molecular flexibility index (Phi) is 13.2. The minimum atomic E-state index is -1.10. The van der Waals surface area contributed by atoms with Crippen LogP contribution in [0.15, 0.2) is 24.3 Å². The van der Waals surface area contributed by atoms with Gasteiger partial charge in [-0.15, -0.1) is 0 Å². The van der Waals surface area contributed by atoms with Crippen LogP contribution in [0.1, 0.15) is 117 Å². The highest BCUT2D eigenvalue weighted by molar-refractivity contribution is 7.74. The standard InChI is InChI=1S/C34H58O5P/c1-10-21-32(3,4)30(35)38-25-34(7,26-39-33(5,6)22-11-2)31(36)37-23-27-17-19-28(20-18-27)24-40(8,9)29-15-13-12-14-16-29/h17-20,29H,10-16,21-26H2,1-9H3/q+1. The van der Waals surface area contributed by atoms with Gasteiger partial charge in [0.05, 0.1) is 29.4 Å². The smallest absolute Gasteiger partial charge is 0.317 e. The average molecular weight is 578 g/mol. The third kappa shape index (κ3) is 10.8. The summed E-state index contributed by atoms with van der Waals surface area (Å²) in [5.74, 6) is -0.704. The van der Waals surface area contributed by atoms with Gasteiger partial charge in [0.2, 0.25) is 0 Å². The van der Waals surface area contributed by atoms with E-state index in [9.17, 15) is 9.59 Å². The van der Waals surface area contributed by atoms with Crippen LogP contribution < -0.4 is 0 Å². The molecular formula is C34H58O5P+. The molecule has 228 valence electrons. The summed E-state index contributed by atoms with van der Waals surface area (Å²) in [5.41, 5.74) is 1.14. The third-order valence-corrected chi connectivity index (χ3v) is 12.3. The molecule has 0 saturated heterocycles. The summed E-state index contributed by atoms with van der Waals surface area (Å²) in [4.78, 5) is 26.3. The molecule has 1 atom stereocenters. The van der Waals surface area contributed by atoms with Gasteiger partial charge in [-0.1, -0.05) is 57.4 Å². The minimum Gasteiger partial charge on any atom is -0.464 e. The van der Waals surface area contributed by atoms with Gasteiger partial charge in [0.15, 0.2) is 0 Å². The number of benzene rings is 1. The molecule has 0 amide bonds. The van der Waals surface area contributed by atoms with Crippen LogP contribution >= 0.6 is 7.26 Å². The number of rotatable bonds is 16. The fourth-order valence-electron chi connectivity index (χ4n) is 5.78. The maximum atomic E-state index is 13.4. The Hall–Kier alpha value is -1.45. The molecule has 0 aliphatic heterocycles. The van der Waals surface area contributed by atoms with Crippen LogP contribution in [-0.4, -0.2) is 49.7 Å². The predicted molar refractivity (Wildman–Crippen MR) is 168 cm³/mol. The summed E-state index contributed by atoms with van der Waals surface area (Å²) in [6, 6.07) is 8.55. The van der Waals surface area contributed by atoms with E-state index < -0.39 is 24.1 Å². The Balaban J connectivity index is 2.05. The lowest BCUT2D eigenvalue weighted by Crippen LogP contribution is -2.43.